The monoisotopic (exact) mass is 751 g/mol. The SMILES string of the molecule is O=P(O)(O)c1ccc(-c2cc(-c3ccccn3)nc(-c3cc(-c4ccc(P(=O)(O)O)cc4)cc(-c4ccccn4)n3)c2)cc1.[Cl][Co][Cl]. The Labute approximate surface area is 284 Å². The van der Waals surface area contributed by atoms with Crippen LogP contribution in [-0.4, -0.2) is 39.5 Å². The summed E-state index contributed by atoms with van der Waals surface area (Å²) in [5.41, 5.74) is 6.25. The van der Waals surface area contributed by atoms with Crippen molar-refractivity contribution in [2.24, 2.45) is 0 Å². The Kier molecular flexibility index (Phi) is 11.2. The van der Waals surface area contributed by atoms with Crippen molar-refractivity contribution in [2.75, 3.05) is 0 Å². The first-order valence-electron chi connectivity index (χ1n) is 13.5. The van der Waals surface area contributed by atoms with Crippen molar-refractivity contribution in [3.63, 3.8) is 0 Å². The van der Waals surface area contributed by atoms with Gasteiger partial charge in [-0.05, 0) is 95.1 Å². The third-order valence-corrected chi connectivity index (χ3v) is 8.78. The van der Waals surface area contributed by atoms with Gasteiger partial charge in [-0.25, -0.2) is 9.97 Å². The number of hydrogen-bond donors (Lipinski definition) is 4. The van der Waals surface area contributed by atoms with E-state index in [1.165, 1.54) is 24.3 Å². The molecule has 4 aromatic heterocycles. The van der Waals surface area contributed by atoms with Crippen molar-refractivity contribution in [3.8, 4) is 56.4 Å². The van der Waals surface area contributed by atoms with Crippen LogP contribution in [0.15, 0.2) is 122 Å². The summed E-state index contributed by atoms with van der Waals surface area (Å²) in [6.45, 7) is 0. The fraction of sp³-hybridized carbons (Fsp3) is 0. The Morgan fingerprint density at radius 2 is 0.787 bits per heavy atom. The summed E-state index contributed by atoms with van der Waals surface area (Å²) in [5.74, 6) is 0. The van der Waals surface area contributed by atoms with Crippen LogP contribution < -0.4 is 10.6 Å². The zero-order valence-electron chi connectivity index (χ0n) is 23.9. The Balaban J connectivity index is 0.00000139. The van der Waals surface area contributed by atoms with Gasteiger partial charge in [-0.1, -0.05) is 36.4 Å². The molecular formula is C32H24Cl2CoN4O6P2. The summed E-state index contributed by atoms with van der Waals surface area (Å²) in [6, 6.07) is 30.5. The summed E-state index contributed by atoms with van der Waals surface area (Å²) in [4.78, 5) is 57.0. The van der Waals surface area contributed by atoms with E-state index in [4.69, 9.17) is 30.3 Å². The number of halogens is 2. The summed E-state index contributed by atoms with van der Waals surface area (Å²) < 4.78 is 23.5. The van der Waals surface area contributed by atoms with Crippen LogP contribution >= 0.6 is 35.5 Å². The Hall–Kier alpha value is -3.57. The second-order valence-electron chi connectivity index (χ2n) is 9.91. The molecule has 0 aliphatic heterocycles. The topological polar surface area (TPSA) is 167 Å². The second-order valence-corrected chi connectivity index (χ2v) is 14.8. The average molecular weight is 752 g/mol. The third-order valence-electron chi connectivity index (χ3n) is 6.84. The zero-order valence-corrected chi connectivity index (χ0v) is 28.3. The van der Waals surface area contributed by atoms with Crippen molar-refractivity contribution in [2.45, 2.75) is 0 Å². The van der Waals surface area contributed by atoms with Crippen LogP contribution in [0, 0.1) is 0 Å². The molecule has 47 heavy (non-hydrogen) atoms. The van der Waals surface area contributed by atoms with Crippen LogP contribution in [0.25, 0.3) is 56.4 Å². The molecule has 0 spiro atoms. The van der Waals surface area contributed by atoms with Gasteiger partial charge in [0.1, 0.15) is 0 Å². The van der Waals surface area contributed by atoms with Gasteiger partial charge in [0.25, 0.3) is 0 Å². The summed E-state index contributed by atoms with van der Waals surface area (Å²) in [5, 5.41) is -0.167. The molecule has 0 radical (unpaired) electrons. The molecular weight excluding hydrogens is 728 g/mol. The molecule has 6 aromatic rings. The molecule has 4 heterocycles. The summed E-state index contributed by atoms with van der Waals surface area (Å²) >= 11 is 0.382. The molecule has 10 nitrogen and oxygen atoms in total. The van der Waals surface area contributed by atoms with E-state index in [9.17, 15) is 28.7 Å². The molecule has 0 bridgehead atoms. The van der Waals surface area contributed by atoms with Crippen molar-refractivity contribution in [1.29, 1.82) is 0 Å². The van der Waals surface area contributed by atoms with Crippen molar-refractivity contribution in [3.05, 3.63) is 122 Å². The van der Waals surface area contributed by atoms with E-state index in [0.29, 0.717) is 58.2 Å². The maximum absolute atomic E-state index is 11.7. The molecule has 6 rings (SSSR count). The average Bonchev–Trinajstić information content (AvgIpc) is 3.08. The number of nitrogens with zero attached hydrogens (tertiary/aromatic N) is 4. The molecule has 0 atom stereocenters. The van der Waals surface area contributed by atoms with Crippen LogP contribution in [0.1, 0.15) is 0 Å². The van der Waals surface area contributed by atoms with Gasteiger partial charge < -0.3 is 19.6 Å². The molecule has 0 aliphatic rings. The van der Waals surface area contributed by atoms with Crippen LogP contribution in [0.2, 0.25) is 0 Å². The molecule has 241 valence electrons. The van der Waals surface area contributed by atoms with Gasteiger partial charge in [-0.2, -0.15) is 0 Å². The fourth-order valence-corrected chi connectivity index (χ4v) is 5.72. The van der Waals surface area contributed by atoms with Crippen molar-refractivity contribution in [1.82, 2.24) is 19.9 Å². The number of pyridine rings is 4. The summed E-state index contributed by atoms with van der Waals surface area (Å²) in [7, 11) is 0.649. The number of benzene rings is 2. The molecule has 2 aromatic carbocycles. The molecule has 0 fully saturated rings. The van der Waals surface area contributed by atoms with Gasteiger partial charge in [-0.3, -0.25) is 19.1 Å². The van der Waals surface area contributed by atoms with Crippen molar-refractivity contribution >= 4 is 46.1 Å². The predicted octanol–water partition coefficient (Wildman–Crippen LogP) is 6.58. The summed E-state index contributed by atoms with van der Waals surface area (Å²) in [6.07, 6.45) is 3.33. The van der Waals surface area contributed by atoms with E-state index in [-0.39, 0.29) is 10.6 Å². The predicted molar refractivity (Wildman–Crippen MR) is 180 cm³/mol. The third kappa shape index (κ3) is 8.87. The normalized spacial score (nSPS) is 11.5. The van der Waals surface area contributed by atoms with E-state index >= 15 is 0 Å². The molecule has 0 unspecified atom stereocenters. The van der Waals surface area contributed by atoms with E-state index in [1.807, 2.05) is 48.5 Å². The van der Waals surface area contributed by atoms with Gasteiger partial charge in [0.05, 0.1) is 44.8 Å². The minimum absolute atomic E-state index is 0.0837. The second kappa shape index (κ2) is 15.1. The van der Waals surface area contributed by atoms with E-state index in [0.717, 1.165) is 11.1 Å². The van der Waals surface area contributed by atoms with Gasteiger partial charge in [-0.15, -0.1) is 0 Å². The standard InChI is InChI=1S/C32H24N4O6P2.2ClH.Co/c37-43(38,39)25-11-7-21(8-12-25)23-17-29(27-5-1-3-15-33-27)35-31(19-23)32-20-24(18-30(36-32)28-6-2-4-16-34-28)22-9-13-26(14-10-22)44(40,41)42;;;/h1-20H,(H2,37,38,39)(H2,40,41,42);2*1H;/q;;;+2/p-2. The Morgan fingerprint density at radius 1 is 0.468 bits per heavy atom. The molecule has 0 saturated carbocycles. The van der Waals surface area contributed by atoms with E-state index in [2.05, 4.69) is 9.97 Å². The van der Waals surface area contributed by atoms with Crippen LogP contribution in [0.4, 0.5) is 0 Å². The van der Waals surface area contributed by atoms with Crippen LogP contribution in [0.3, 0.4) is 0 Å². The number of aromatic nitrogens is 4. The van der Waals surface area contributed by atoms with E-state index < -0.39 is 15.2 Å². The first-order valence-corrected chi connectivity index (χ1v) is 19.6. The van der Waals surface area contributed by atoms with Gasteiger partial charge in [0.15, 0.2) is 0 Å². The first kappa shape index (κ1) is 34.8. The van der Waals surface area contributed by atoms with Gasteiger partial charge in [0, 0.05) is 12.4 Å². The fourth-order valence-electron chi connectivity index (χ4n) is 4.64. The van der Waals surface area contributed by atoms with Gasteiger partial charge in [0.2, 0.25) is 0 Å². The minimum atomic E-state index is -4.41. The molecule has 0 amide bonds. The van der Waals surface area contributed by atoms with Crippen LogP contribution in [-0.2, 0) is 22.0 Å². The van der Waals surface area contributed by atoms with Gasteiger partial charge >= 0.3 is 48.4 Å². The zero-order chi connectivity index (χ0) is 33.6. The van der Waals surface area contributed by atoms with Crippen molar-refractivity contribution < 1.29 is 41.6 Å². The molecule has 0 saturated heterocycles. The molecule has 4 N–H and O–H groups in total. The molecule has 15 heteroatoms. The Bertz CT molecular complexity index is 1930. The number of hydrogen-bond acceptors (Lipinski definition) is 6. The Morgan fingerprint density at radius 3 is 1.06 bits per heavy atom. The molecule has 0 aliphatic carbocycles. The maximum atomic E-state index is 11.7. The number of rotatable bonds is 7. The quantitative estimate of drug-likeness (QED) is 0.131. The van der Waals surface area contributed by atoms with E-state index in [1.54, 1.807) is 48.8 Å². The first-order chi connectivity index (χ1) is 22.5. The van der Waals surface area contributed by atoms with Crippen LogP contribution in [0.5, 0.6) is 0 Å².